The van der Waals surface area contributed by atoms with Crippen molar-refractivity contribution in [3.05, 3.63) is 117 Å². The van der Waals surface area contributed by atoms with Crippen LogP contribution in [0.4, 0.5) is 5.69 Å². The van der Waals surface area contributed by atoms with Gasteiger partial charge in [0.25, 0.3) is 0 Å². The van der Waals surface area contributed by atoms with Gasteiger partial charge in [0, 0.05) is 78.7 Å². The quantitative estimate of drug-likeness (QED) is 0.0969. The molecule has 0 aliphatic rings. The second-order valence-electron chi connectivity index (χ2n) is 10.8. The molecular formula is C36H34Br2N4Si. The molecule has 6 aromatic rings. The maximum Gasteiger partial charge on any atom is 0.128 e. The van der Waals surface area contributed by atoms with Gasteiger partial charge < -0.3 is 5.73 Å². The van der Waals surface area contributed by atoms with Crippen molar-refractivity contribution in [1.29, 1.82) is 0 Å². The highest BCUT2D eigenvalue weighted by Crippen LogP contribution is 2.26. The van der Waals surface area contributed by atoms with Crippen LogP contribution in [0.3, 0.4) is 0 Å². The Bertz CT molecular complexity index is 1780. The number of benzene rings is 3. The normalized spacial score (nSPS) is 10.3. The van der Waals surface area contributed by atoms with Gasteiger partial charge in [0.1, 0.15) is 8.07 Å². The van der Waals surface area contributed by atoms with E-state index in [0.29, 0.717) is 0 Å². The Morgan fingerprint density at radius 1 is 0.605 bits per heavy atom. The summed E-state index contributed by atoms with van der Waals surface area (Å²) < 4.78 is 2.04. The number of pyridine rings is 3. The van der Waals surface area contributed by atoms with Crippen molar-refractivity contribution in [1.82, 2.24) is 15.0 Å². The highest BCUT2D eigenvalue weighted by Gasteiger charge is 2.05. The fraction of sp³-hybridized carbons (Fsp3) is 0.139. The minimum Gasteiger partial charge on any atom is -0.398 e. The topological polar surface area (TPSA) is 64.7 Å². The third-order valence-corrected chi connectivity index (χ3v) is 8.50. The molecule has 0 radical (unpaired) electrons. The zero-order chi connectivity index (χ0) is 31.6. The highest BCUT2D eigenvalue weighted by molar-refractivity contribution is 9.11. The van der Waals surface area contributed by atoms with Crippen LogP contribution in [-0.2, 0) is 0 Å². The number of hydrogen-bond acceptors (Lipinski definition) is 4. The summed E-state index contributed by atoms with van der Waals surface area (Å²) in [7, 11) is -1.10. The van der Waals surface area contributed by atoms with Gasteiger partial charge in [-0.25, -0.2) is 0 Å². The summed E-state index contributed by atoms with van der Waals surface area (Å²) in [6, 6.07) is 18.2. The Balaban J connectivity index is 0.000000162. The average molecular weight is 711 g/mol. The number of nitrogen functional groups attached to an aromatic ring is 1. The summed E-state index contributed by atoms with van der Waals surface area (Å²) in [5.41, 5.74) is 12.6. The molecule has 0 aliphatic heterocycles. The molecule has 0 spiro atoms. The Labute approximate surface area is 272 Å². The minimum atomic E-state index is -1.10. The lowest BCUT2D eigenvalue weighted by Crippen LogP contribution is -2.15. The summed E-state index contributed by atoms with van der Waals surface area (Å²) >= 11 is 6.88. The fourth-order valence-corrected chi connectivity index (χ4v) is 4.87. The molecule has 0 unspecified atom stereocenters. The first-order valence-corrected chi connectivity index (χ1v) is 18.6. The molecule has 0 bridgehead atoms. The molecule has 43 heavy (non-hydrogen) atoms. The summed E-state index contributed by atoms with van der Waals surface area (Å²) in [5.74, 6) is 2.63. The van der Waals surface area contributed by atoms with Crippen molar-refractivity contribution in [3.8, 4) is 24.3 Å². The van der Waals surface area contributed by atoms with Crippen LogP contribution in [-0.4, -0.2) is 23.0 Å². The monoisotopic (exact) mass is 708 g/mol. The SMILES string of the molecule is C#C[Si](C)(C)C.C#Cc1cncc2c(C)cccc12.Cc1cccc2c(Br)cncc12.Nc1cccc2c(Br)cncc12. The van der Waals surface area contributed by atoms with E-state index in [1.54, 1.807) is 18.6 Å². The van der Waals surface area contributed by atoms with E-state index in [2.05, 4.69) is 116 Å². The lowest BCUT2D eigenvalue weighted by atomic mass is 10.0. The first kappa shape index (κ1) is 33.5. The molecular weight excluding hydrogens is 676 g/mol. The lowest BCUT2D eigenvalue weighted by molar-refractivity contribution is 1.33. The van der Waals surface area contributed by atoms with Crippen molar-refractivity contribution in [2.75, 3.05) is 5.73 Å². The number of aromatic nitrogens is 3. The zero-order valence-corrected chi connectivity index (χ0v) is 29.2. The van der Waals surface area contributed by atoms with Crippen molar-refractivity contribution in [2.24, 2.45) is 0 Å². The van der Waals surface area contributed by atoms with E-state index in [0.717, 1.165) is 41.7 Å². The molecule has 3 aromatic carbocycles. The Hall–Kier alpha value is -4.01. The van der Waals surface area contributed by atoms with E-state index in [4.69, 9.17) is 18.6 Å². The smallest absolute Gasteiger partial charge is 0.128 e. The minimum absolute atomic E-state index is 0.765. The molecule has 7 heteroatoms. The Morgan fingerprint density at radius 3 is 1.49 bits per heavy atom. The molecule has 0 aliphatic carbocycles. The first-order valence-electron chi connectivity index (χ1n) is 13.5. The number of terminal acetylenes is 2. The summed E-state index contributed by atoms with van der Waals surface area (Å²) in [4.78, 5) is 12.3. The van der Waals surface area contributed by atoms with Crippen LogP contribution in [0.2, 0.25) is 19.6 Å². The molecule has 0 fully saturated rings. The van der Waals surface area contributed by atoms with Gasteiger partial charge >= 0.3 is 0 Å². The number of rotatable bonds is 0. The lowest BCUT2D eigenvalue weighted by Gasteiger charge is -2.02. The zero-order valence-electron chi connectivity index (χ0n) is 25.0. The third-order valence-electron chi connectivity index (χ3n) is 6.37. The molecule has 0 amide bonds. The standard InChI is InChI=1S/C12H9N.C10H8BrN.C9H7BrN2.C5H10Si/c1-3-10-7-13-8-12-9(2)5-4-6-11(10)12;1-7-3-2-4-8-9(7)5-12-6-10(8)11;10-8-5-12-4-7-6(8)2-1-3-9(7)11;1-5-6(2,3)4/h1,4-8H,2H3;2-6H,1H3;1-5H,11H2;1H,2-4H3. The molecule has 0 saturated carbocycles. The van der Waals surface area contributed by atoms with Gasteiger partial charge in [-0.05, 0) is 68.3 Å². The number of halogens is 2. The van der Waals surface area contributed by atoms with E-state index in [9.17, 15) is 0 Å². The number of anilines is 1. The average Bonchev–Trinajstić information content (AvgIpc) is 2.99. The maximum absolute atomic E-state index is 5.76. The summed E-state index contributed by atoms with van der Waals surface area (Å²) in [6.07, 6.45) is 21.3. The van der Waals surface area contributed by atoms with E-state index < -0.39 is 8.07 Å². The van der Waals surface area contributed by atoms with Gasteiger partial charge in [-0.3, -0.25) is 15.0 Å². The largest absolute Gasteiger partial charge is 0.398 e. The number of nitrogens with two attached hydrogens (primary N) is 1. The summed E-state index contributed by atoms with van der Waals surface area (Å²) in [5, 5.41) is 6.78. The summed E-state index contributed by atoms with van der Waals surface area (Å²) in [6.45, 7) is 10.6. The van der Waals surface area contributed by atoms with Crippen LogP contribution in [0.25, 0.3) is 32.3 Å². The van der Waals surface area contributed by atoms with Crippen LogP contribution < -0.4 is 5.73 Å². The predicted octanol–water partition coefficient (Wildman–Crippen LogP) is 9.91. The van der Waals surface area contributed by atoms with Crippen LogP contribution in [0.15, 0.2) is 101 Å². The van der Waals surface area contributed by atoms with Crippen molar-refractivity contribution in [2.45, 2.75) is 33.5 Å². The van der Waals surface area contributed by atoms with Crippen molar-refractivity contribution >= 4 is 77.9 Å². The van der Waals surface area contributed by atoms with Gasteiger partial charge in [0.15, 0.2) is 0 Å². The third kappa shape index (κ3) is 9.23. The van der Waals surface area contributed by atoms with E-state index in [-0.39, 0.29) is 0 Å². The second kappa shape index (κ2) is 15.5. The van der Waals surface area contributed by atoms with Crippen LogP contribution in [0.1, 0.15) is 16.7 Å². The van der Waals surface area contributed by atoms with E-state index in [1.807, 2.05) is 48.9 Å². The van der Waals surface area contributed by atoms with Gasteiger partial charge in [-0.2, -0.15) is 0 Å². The molecule has 0 saturated heterocycles. The van der Waals surface area contributed by atoms with E-state index >= 15 is 0 Å². The molecule has 4 nitrogen and oxygen atoms in total. The van der Waals surface area contributed by atoms with Crippen LogP contribution >= 0.6 is 31.9 Å². The Morgan fingerprint density at radius 2 is 1.02 bits per heavy atom. The molecule has 216 valence electrons. The first-order chi connectivity index (χ1) is 20.5. The predicted molar refractivity (Wildman–Crippen MR) is 195 cm³/mol. The molecule has 0 atom stereocenters. The second-order valence-corrected chi connectivity index (χ2v) is 17.2. The maximum atomic E-state index is 5.76. The number of aryl methyl sites for hydroxylation is 2. The van der Waals surface area contributed by atoms with Gasteiger partial charge in [0.05, 0.1) is 5.56 Å². The molecule has 3 aromatic heterocycles. The number of fused-ring (bicyclic) bond motifs is 3. The van der Waals surface area contributed by atoms with Crippen LogP contribution in [0.5, 0.6) is 0 Å². The number of hydrogen-bond donors (Lipinski definition) is 1. The van der Waals surface area contributed by atoms with Crippen molar-refractivity contribution < 1.29 is 0 Å². The van der Waals surface area contributed by atoms with Crippen molar-refractivity contribution in [3.63, 3.8) is 0 Å². The van der Waals surface area contributed by atoms with Gasteiger partial charge in [-0.1, -0.05) is 74.1 Å². The molecule has 6 rings (SSSR count). The van der Waals surface area contributed by atoms with Crippen LogP contribution in [0, 0.1) is 38.2 Å². The Kier molecular flexibility index (Phi) is 12.0. The molecule has 3 heterocycles. The molecule has 2 N–H and O–H groups in total. The van der Waals surface area contributed by atoms with Gasteiger partial charge in [-0.15, -0.1) is 18.4 Å². The van der Waals surface area contributed by atoms with E-state index in [1.165, 1.54) is 21.9 Å². The highest BCUT2D eigenvalue weighted by atomic mass is 79.9. The number of nitrogens with zero attached hydrogens (tertiary/aromatic N) is 3. The fourth-order valence-electron chi connectivity index (χ4n) is 3.95. The van der Waals surface area contributed by atoms with Gasteiger partial charge in [0.2, 0.25) is 0 Å².